The molecule has 236 valence electrons. The molecule has 4 amide bonds. The number of hydrogen-bond acceptors (Lipinski definition) is 9. The largest absolute Gasteiger partial charge is 0.382 e. The van der Waals surface area contributed by atoms with Gasteiger partial charge < -0.3 is 35.9 Å². The maximum Gasteiger partial charge on any atom is 0.318 e. The third kappa shape index (κ3) is 8.96. The molecular formula is C30H41N9O5. The first-order valence-electron chi connectivity index (χ1n) is 14.9. The topological polar surface area (TPSA) is 186 Å². The molecule has 3 heterocycles. The highest BCUT2D eigenvalue weighted by atomic mass is 16.5. The van der Waals surface area contributed by atoms with Gasteiger partial charge in [0.05, 0.1) is 25.6 Å². The van der Waals surface area contributed by atoms with Crippen molar-refractivity contribution in [1.82, 2.24) is 40.4 Å². The fourth-order valence-electron chi connectivity index (χ4n) is 4.97. The molecule has 0 radical (unpaired) electrons. The predicted molar refractivity (Wildman–Crippen MR) is 163 cm³/mol. The van der Waals surface area contributed by atoms with E-state index in [2.05, 4.69) is 30.9 Å². The summed E-state index contributed by atoms with van der Waals surface area (Å²) in [5.74, 6) is -1.66. The number of nitrogens with two attached hydrogens (primary N) is 1. The Morgan fingerprint density at radius 1 is 1.00 bits per heavy atom. The van der Waals surface area contributed by atoms with E-state index in [0.29, 0.717) is 63.3 Å². The zero-order valence-electron chi connectivity index (χ0n) is 25.2. The summed E-state index contributed by atoms with van der Waals surface area (Å²) >= 11 is 0. The van der Waals surface area contributed by atoms with Crippen LogP contribution in [-0.4, -0.2) is 93.0 Å². The minimum absolute atomic E-state index is 0.0908. The molecule has 5 N–H and O–H groups in total. The molecule has 3 aromatic rings. The van der Waals surface area contributed by atoms with Gasteiger partial charge in [-0.15, -0.1) is 0 Å². The van der Waals surface area contributed by atoms with Crippen molar-refractivity contribution < 1.29 is 23.9 Å². The van der Waals surface area contributed by atoms with E-state index in [1.807, 2.05) is 44.2 Å². The van der Waals surface area contributed by atoms with Gasteiger partial charge in [-0.1, -0.05) is 44.2 Å². The van der Waals surface area contributed by atoms with Crippen LogP contribution in [0.1, 0.15) is 38.7 Å². The number of amides is 4. The fraction of sp³-hybridized carbons (Fsp3) is 0.500. The first-order valence-corrected chi connectivity index (χ1v) is 14.9. The number of nitrogen functional groups attached to an aromatic ring is 1. The lowest BCUT2D eigenvalue weighted by atomic mass is 9.99. The molecule has 0 aliphatic carbocycles. The SMILES string of the molecule is CC(C)C[C@H](NC(=O)N1CCOCC1)C(=O)NC(CCc1ccccc1)C(=O)C(=O)NCCCn1cnc2c(N)ncnc21. The number of ketones is 1. The number of nitrogens with one attached hydrogen (secondary N) is 3. The molecule has 0 spiro atoms. The Morgan fingerprint density at radius 2 is 1.75 bits per heavy atom. The number of aromatic nitrogens is 4. The van der Waals surface area contributed by atoms with Gasteiger partial charge in [0.1, 0.15) is 17.9 Å². The maximum absolute atomic E-state index is 13.5. The molecule has 1 aliphatic rings. The molecule has 44 heavy (non-hydrogen) atoms. The first-order chi connectivity index (χ1) is 21.2. The van der Waals surface area contributed by atoms with Crippen molar-refractivity contribution in [2.45, 2.75) is 58.2 Å². The molecule has 14 nitrogen and oxygen atoms in total. The fourth-order valence-corrected chi connectivity index (χ4v) is 4.97. The van der Waals surface area contributed by atoms with Gasteiger partial charge in [0.25, 0.3) is 5.91 Å². The van der Waals surface area contributed by atoms with Crippen molar-refractivity contribution in [3.8, 4) is 0 Å². The normalized spacial score (nSPS) is 14.7. The molecule has 1 saturated heterocycles. The van der Waals surface area contributed by atoms with Crippen molar-refractivity contribution in [1.29, 1.82) is 0 Å². The average Bonchev–Trinajstić information content (AvgIpc) is 3.45. The Balaban J connectivity index is 1.38. The van der Waals surface area contributed by atoms with Crippen LogP contribution in [0.3, 0.4) is 0 Å². The van der Waals surface area contributed by atoms with E-state index < -0.39 is 29.7 Å². The van der Waals surface area contributed by atoms with Crippen LogP contribution in [0.25, 0.3) is 11.2 Å². The van der Waals surface area contributed by atoms with E-state index in [1.165, 1.54) is 6.33 Å². The molecule has 1 aromatic carbocycles. The van der Waals surface area contributed by atoms with Crippen molar-refractivity contribution in [3.63, 3.8) is 0 Å². The number of carbonyl (C=O) groups excluding carboxylic acids is 4. The number of morpholine rings is 1. The van der Waals surface area contributed by atoms with E-state index in [4.69, 9.17) is 10.5 Å². The summed E-state index contributed by atoms with van der Waals surface area (Å²) in [6, 6.07) is 7.21. The van der Waals surface area contributed by atoms with Gasteiger partial charge in [0.2, 0.25) is 11.7 Å². The zero-order chi connectivity index (χ0) is 31.5. The second-order valence-corrected chi connectivity index (χ2v) is 11.2. The summed E-state index contributed by atoms with van der Waals surface area (Å²) in [5, 5.41) is 8.27. The highest BCUT2D eigenvalue weighted by Gasteiger charge is 2.31. The molecule has 4 rings (SSSR count). The Hall–Kier alpha value is -4.59. The van der Waals surface area contributed by atoms with Gasteiger partial charge in [-0.25, -0.2) is 19.7 Å². The molecule has 1 unspecified atom stereocenters. The summed E-state index contributed by atoms with van der Waals surface area (Å²) in [6.45, 7) is 6.31. The number of carbonyl (C=O) groups is 4. The third-order valence-corrected chi connectivity index (χ3v) is 7.33. The number of anilines is 1. The number of hydrogen-bond donors (Lipinski definition) is 4. The highest BCUT2D eigenvalue weighted by molar-refractivity contribution is 6.38. The van der Waals surface area contributed by atoms with Gasteiger partial charge in [0, 0.05) is 26.2 Å². The second-order valence-electron chi connectivity index (χ2n) is 11.2. The molecular weight excluding hydrogens is 566 g/mol. The van der Waals surface area contributed by atoms with Gasteiger partial charge in [-0.3, -0.25) is 14.4 Å². The standard InChI is InChI=1S/C30H41N9O5/c1-20(2)17-23(37-30(43)38-13-15-44-16-14-38)28(41)36-22(10-9-21-7-4-3-5-8-21)25(40)29(42)32-11-6-12-39-19-35-24-26(31)33-18-34-27(24)39/h3-5,7-8,18-20,22-23H,6,9-17H2,1-2H3,(H,32,42)(H,36,41)(H,37,43)(H2,31,33,34)/t22?,23-/m0/s1. The Kier molecular flexibility index (Phi) is 11.6. The maximum atomic E-state index is 13.5. The van der Waals surface area contributed by atoms with Crippen LogP contribution >= 0.6 is 0 Å². The number of rotatable bonds is 14. The molecule has 0 bridgehead atoms. The average molecular weight is 608 g/mol. The smallest absolute Gasteiger partial charge is 0.318 e. The van der Waals surface area contributed by atoms with Crippen LogP contribution in [-0.2, 0) is 32.1 Å². The summed E-state index contributed by atoms with van der Waals surface area (Å²) in [4.78, 5) is 66.7. The summed E-state index contributed by atoms with van der Waals surface area (Å²) in [7, 11) is 0. The van der Waals surface area contributed by atoms with Crippen LogP contribution in [0.15, 0.2) is 43.0 Å². The monoisotopic (exact) mass is 607 g/mol. The first kappa shape index (κ1) is 32.3. The highest BCUT2D eigenvalue weighted by Crippen LogP contribution is 2.14. The van der Waals surface area contributed by atoms with Crippen LogP contribution in [0.4, 0.5) is 10.6 Å². The molecule has 2 aromatic heterocycles. The predicted octanol–water partition coefficient (Wildman–Crippen LogP) is 1.06. The molecule has 0 saturated carbocycles. The quantitative estimate of drug-likeness (QED) is 0.154. The van der Waals surface area contributed by atoms with E-state index in [9.17, 15) is 19.2 Å². The zero-order valence-corrected chi connectivity index (χ0v) is 25.2. The van der Waals surface area contributed by atoms with Crippen molar-refractivity contribution in [2.75, 3.05) is 38.6 Å². The third-order valence-electron chi connectivity index (χ3n) is 7.33. The van der Waals surface area contributed by atoms with Gasteiger partial charge in [-0.05, 0) is 37.2 Å². The molecule has 1 aliphatic heterocycles. The summed E-state index contributed by atoms with van der Waals surface area (Å²) in [6.07, 6.45) is 4.52. The Labute approximate surface area is 256 Å². The lowest BCUT2D eigenvalue weighted by molar-refractivity contribution is -0.140. The number of urea groups is 1. The minimum atomic E-state index is -1.07. The van der Waals surface area contributed by atoms with E-state index in [-0.39, 0.29) is 30.7 Å². The number of ether oxygens (including phenoxy) is 1. The lowest BCUT2D eigenvalue weighted by Crippen LogP contribution is -2.57. The molecule has 14 heteroatoms. The van der Waals surface area contributed by atoms with Gasteiger partial charge in [-0.2, -0.15) is 0 Å². The van der Waals surface area contributed by atoms with E-state index in [0.717, 1.165) is 5.56 Å². The van der Waals surface area contributed by atoms with Crippen molar-refractivity contribution in [3.05, 3.63) is 48.5 Å². The number of aryl methyl sites for hydroxylation is 2. The van der Waals surface area contributed by atoms with Crippen LogP contribution in [0, 0.1) is 5.92 Å². The minimum Gasteiger partial charge on any atom is -0.382 e. The second kappa shape index (κ2) is 15.8. The number of benzene rings is 1. The number of imidazole rings is 1. The van der Waals surface area contributed by atoms with Crippen molar-refractivity contribution >= 4 is 40.6 Å². The van der Waals surface area contributed by atoms with E-state index >= 15 is 0 Å². The van der Waals surface area contributed by atoms with Gasteiger partial charge in [0.15, 0.2) is 11.5 Å². The van der Waals surface area contributed by atoms with Crippen molar-refractivity contribution in [2.24, 2.45) is 5.92 Å². The Morgan fingerprint density at radius 3 is 2.48 bits per heavy atom. The van der Waals surface area contributed by atoms with Gasteiger partial charge >= 0.3 is 6.03 Å². The van der Waals surface area contributed by atoms with Crippen LogP contribution < -0.4 is 21.7 Å². The summed E-state index contributed by atoms with van der Waals surface area (Å²) in [5.41, 5.74) is 7.90. The number of nitrogens with zero attached hydrogens (tertiary/aromatic N) is 5. The van der Waals surface area contributed by atoms with Crippen LogP contribution in [0.5, 0.6) is 0 Å². The van der Waals surface area contributed by atoms with E-state index in [1.54, 1.807) is 15.8 Å². The molecule has 2 atom stereocenters. The van der Waals surface area contributed by atoms with Crippen LogP contribution in [0.2, 0.25) is 0 Å². The Bertz CT molecular complexity index is 1420. The number of Topliss-reactive ketones (excluding diaryl/α,β-unsaturated/α-hetero) is 1. The summed E-state index contributed by atoms with van der Waals surface area (Å²) < 4.78 is 7.11. The number of fused-ring (bicyclic) bond motifs is 1. The lowest BCUT2D eigenvalue weighted by Gasteiger charge is -2.30. The molecule has 1 fully saturated rings.